The summed E-state index contributed by atoms with van der Waals surface area (Å²) in [5, 5.41) is 0. The average Bonchev–Trinajstić information content (AvgIpc) is 3.08. The van der Waals surface area contributed by atoms with Crippen LogP contribution in [0.3, 0.4) is 0 Å². The van der Waals surface area contributed by atoms with Crippen molar-refractivity contribution in [1.29, 1.82) is 0 Å². The maximum absolute atomic E-state index is 2.47. The SMILES string of the molecule is CC(CC1=C(CCN(C)C)C=CC1CC(C)c1ccccc1)c1ccccc1. The van der Waals surface area contributed by atoms with Gasteiger partial charge in [0.25, 0.3) is 0 Å². The monoisotopic (exact) mass is 373 g/mol. The van der Waals surface area contributed by atoms with Gasteiger partial charge in [-0.25, -0.2) is 0 Å². The first kappa shape index (κ1) is 20.6. The third-order valence-electron chi connectivity index (χ3n) is 6.09. The predicted molar refractivity (Wildman–Crippen MR) is 122 cm³/mol. The van der Waals surface area contributed by atoms with Gasteiger partial charge >= 0.3 is 0 Å². The van der Waals surface area contributed by atoms with E-state index in [0.717, 1.165) is 19.4 Å². The van der Waals surface area contributed by atoms with Gasteiger partial charge in [-0.2, -0.15) is 0 Å². The minimum absolute atomic E-state index is 0.556. The summed E-state index contributed by atoms with van der Waals surface area (Å²) in [5.74, 6) is 1.70. The van der Waals surface area contributed by atoms with E-state index in [1.807, 2.05) is 0 Å². The molecule has 0 radical (unpaired) electrons. The van der Waals surface area contributed by atoms with Crippen LogP contribution in [0.25, 0.3) is 0 Å². The molecule has 0 N–H and O–H groups in total. The second kappa shape index (κ2) is 9.89. The Labute approximate surface area is 171 Å². The number of allylic oxidation sites excluding steroid dienone is 3. The number of hydrogen-bond donors (Lipinski definition) is 0. The Morgan fingerprint density at radius 3 is 1.96 bits per heavy atom. The van der Waals surface area contributed by atoms with Crippen molar-refractivity contribution in [2.75, 3.05) is 20.6 Å². The van der Waals surface area contributed by atoms with E-state index in [1.165, 1.54) is 17.5 Å². The first-order valence-corrected chi connectivity index (χ1v) is 10.7. The van der Waals surface area contributed by atoms with Crippen LogP contribution in [0.4, 0.5) is 0 Å². The van der Waals surface area contributed by atoms with Crippen molar-refractivity contribution >= 4 is 0 Å². The fourth-order valence-corrected chi connectivity index (χ4v) is 4.31. The lowest BCUT2D eigenvalue weighted by Gasteiger charge is -2.23. The summed E-state index contributed by atoms with van der Waals surface area (Å²) in [6, 6.07) is 21.9. The Morgan fingerprint density at radius 2 is 1.39 bits per heavy atom. The van der Waals surface area contributed by atoms with Crippen LogP contribution in [-0.2, 0) is 0 Å². The Kier molecular flexibility index (Phi) is 7.28. The van der Waals surface area contributed by atoms with Gasteiger partial charge in [-0.1, -0.05) is 92.2 Å². The van der Waals surface area contributed by atoms with Crippen molar-refractivity contribution in [1.82, 2.24) is 4.90 Å². The van der Waals surface area contributed by atoms with Crippen molar-refractivity contribution in [2.24, 2.45) is 5.92 Å². The molecule has 0 heterocycles. The number of hydrogen-bond acceptors (Lipinski definition) is 1. The van der Waals surface area contributed by atoms with Gasteiger partial charge in [0, 0.05) is 6.54 Å². The lowest BCUT2D eigenvalue weighted by atomic mass is 9.82. The van der Waals surface area contributed by atoms with E-state index in [1.54, 1.807) is 11.1 Å². The smallest absolute Gasteiger partial charge is 0.00157 e. The molecular weight excluding hydrogens is 338 g/mol. The number of nitrogens with zero attached hydrogens (tertiary/aromatic N) is 1. The van der Waals surface area contributed by atoms with Crippen LogP contribution in [-0.4, -0.2) is 25.5 Å². The molecule has 0 aliphatic heterocycles. The maximum atomic E-state index is 2.47. The highest BCUT2D eigenvalue weighted by Crippen LogP contribution is 2.40. The van der Waals surface area contributed by atoms with E-state index < -0.39 is 0 Å². The molecule has 1 nitrogen and oxygen atoms in total. The van der Waals surface area contributed by atoms with E-state index in [2.05, 4.69) is 106 Å². The van der Waals surface area contributed by atoms with Crippen LogP contribution in [0.1, 0.15) is 56.1 Å². The largest absolute Gasteiger partial charge is 0.309 e. The van der Waals surface area contributed by atoms with Crippen molar-refractivity contribution in [3.63, 3.8) is 0 Å². The number of benzene rings is 2. The van der Waals surface area contributed by atoms with Crippen molar-refractivity contribution in [3.05, 3.63) is 95.1 Å². The summed E-state index contributed by atoms with van der Waals surface area (Å²) < 4.78 is 0. The quantitative estimate of drug-likeness (QED) is 0.467. The second-order valence-corrected chi connectivity index (χ2v) is 8.63. The molecular formula is C27H35N. The molecule has 148 valence electrons. The Balaban J connectivity index is 1.77. The Bertz CT molecular complexity index is 786. The zero-order chi connectivity index (χ0) is 19.9. The second-order valence-electron chi connectivity index (χ2n) is 8.63. The van der Waals surface area contributed by atoms with Crippen LogP contribution in [0.2, 0.25) is 0 Å². The minimum Gasteiger partial charge on any atom is -0.309 e. The third-order valence-corrected chi connectivity index (χ3v) is 6.09. The van der Waals surface area contributed by atoms with E-state index in [9.17, 15) is 0 Å². The van der Waals surface area contributed by atoms with Gasteiger partial charge in [0.15, 0.2) is 0 Å². The molecule has 1 aliphatic carbocycles. The van der Waals surface area contributed by atoms with Crippen LogP contribution in [0, 0.1) is 5.92 Å². The molecule has 0 spiro atoms. The maximum Gasteiger partial charge on any atom is 0.00157 e. The van der Waals surface area contributed by atoms with Crippen molar-refractivity contribution in [3.8, 4) is 0 Å². The summed E-state index contributed by atoms with van der Waals surface area (Å²) in [7, 11) is 4.33. The topological polar surface area (TPSA) is 3.24 Å². The highest BCUT2D eigenvalue weighted by atomic mass is 15.0. The molecule has 1 heteroatoms. The molecule has 28 heavy (non-hydrogen) atoms. The molecule has 0 aromatic heterocycles. The average molecular weight is 374 g/mol. The zero-order valence-corrected chi connectivity index (χ0v) is 17.9. The van der Waals surface area contributed by atoms with Crippen molar-refractivity contribution < 1.29 is 0 Å². The molecule has 0 amide bonds. The summed E-state index contributed by atoms with van der Waals surface area (Å²) >= 11 is 0. The summed E-state index contributed by atoms with van der Waals surface area (Å²) in [4.78, 5) is 2.29. The van der Waals surface area contributed by atoms with E-state index in [-0.39, 0.29) is 0 Å². The summed E-state index contributed by atoms with van der Waals surface area (Å²) in [6.07, 6.45) is 8.39. The lowest BCUT2D eigenvalue weighted by molar-refractivity contribution is 0.413. The van der Waals surface area contributed by atoms with Crippen LogP contribution in [0.5, 0.6) is 0 Å². The highest BCUT2D eigenvalue weighted by molar-refractivity contribution is 5.39. The van der Waals surface area contributed by atoms with Crippen LogP contribution < -0.4 is 0 Å². The normalized spacial score (nSPS) is 18.7. The first-order valence-electron chi connectivity index (χ1n) is 10.7. The predicted octanol–water partition coefficient (Wildman–Crippen LogP) is 6.81. The highest BCUT2D eigenvalue weighted by Gasteiger charge is 2.24. The molecule has 3 rings (SSSR count). The fourth-order valence-electron chi connectivity index (χ4n) is 4.31. The fraction of sp³-hybridized carbons (Fsp3) is 0.407. The summed E-state index contributed by atoms with van der Waals surface area (Å²) in [5.41, 5.74) is 6.14. The molecule has 3 unspecified atom stereocenters. The molecule has 2 aromatic rings. The van der Waals surface area contributed by atoms with Gasteiger partial charge in [0.2, 0.25) is 0 Å². The van der Waals surface area contributed by atoms with Gasteiger partial charge in [-0.3, -0.25) is 0 Å². The van der Waals surface area contributed by atoms with Crippen LogP contribution in [0.15, 0.2) is 84.0 Å². The van der Waals surface area contributed by atoms with E-state index >= 15 is 0 Å². The molecule has 0 saturated carbocycles. The summed E-state index contributed by atoms with van der Waals surface area (Å²) in [6.45, 7) is 5.87. The molecule has 2 aromatic carbocycles. The molecule has 0 bridgehead atoms. The van der Waals surface area contributed by atoms with E-state index in [4.69, 9.17) is 0 Å². The minimum atomic E-state index is 0.556. The lowest BCUT2D eigenvalue weighted by Crippen LogP contribution is -2.14. The standard InChI is InChI=1S/C27H35N/c1-21(23-11-7-5-8-12-23)19-26-16-15-25(17-18-28(3)4)27(26)20-22(2)24-13-9-6-10-14-24/h5-16,21-22,26H,17-20H2,1-4H3. The first-order chi connectivity index (χ1) is 13.5. The van der Waals surface area contributed by atoms with Gasteiger partial charge < -0.3 is 4.90 Å². The van der Waals surface area contributed by atoms with E-state index in [0.29, 0.717) is 17.8 Å². The molecule has 3 atom stereocenters. The number of rotatable bonds is 9. The molecule has 1 aliphatic rings. The molecule has 0 saturated heterocycles. The Morgan fingerprint density at radius 1 is 0.821 bits per heavy atom. The Hall–Kier alpha value is -2.12. The zero-order valence-electron chi connectivity index (χ0n) is 17.9. The van der Waals surface area contributed by atoms with Gasteiger partial charge in [-0.15, -0.1) is 0 Å². The van der Waals surface area contributed by atoms with Gasteiger partial charge in [-0.05, 0) is 67.8 Å². The van der Waals surface area contributed by atoms with Crippen LogP contribution >= 0.6 is 0 Å². The third kappa shape index (κ3) is 5.45. The van der Waals surface area contributed by atoms with Crippen molar-refractivity contribution in [2.45, 2.75) is 44.9 Å². The molecule has 0 fully saturated rings. The van der Waals surface area contributed by atoms with Gasteiger partial charge in [0.1, 0.15) is 0 Å². The van der Waals surface area contributed by atoms with Gasteiger partial charge in [0.05, 0.1) is 0 Å².